The molecule has 0 unspecified atom stereocenters. The van der Waals surface area contributed by atoms with Gasteiger partial charge >= 0.3 is 0 Å². The highest BCUT2D eigenvalue weighted by molar-refractivity contribution is 5.94. The predicted molar refractivity (Wildman–Crippen MR) is 119 cm³/mol. The van der Waals surface area contributed by atoms with Gasteiger partial charge in [0.1, 0.15) is 11.3 Å². The Kier molecular flexibility index (Phi) is 7.00. The fourth-order valence-corrected chi connectivity index (χ4v) is 4.12. The minimum Gasteiger partial charge on any atom is -0.463 e. The van der Waals surface area contributed by atoms with Crippen molar-refractivity contribution in [2.75, 3.05) is 40.3 Å². The zero-order valence-corrected chi connectivity index (χ0v) is 18.7. The van der Waals surface area contributed by atoms with Gasteiger partial charge in [-0.2, -0.15) is 0 Å². The number of furan rings is 1. The molecule has 31 heavy (non-hydrogen) atoms. The number of carbonyl (C=O) groups excluding carboxylic acids is 2. The molecule has 8 heteroatoms. The van der Waals surface area contributed by atoms with Crippen LogP contribution in [-0.2, 0) is 4.79 Å². The van der Waals surface area contributed by atoms with Crippen molar-refractivity contribution in [1.82, 2.24) is 20.1 Å². The molecule has 2 aromatic rings. The average molecular weight is 429 g/mol. The maximum absolute atomic E-state index is 12.8. The Hall–Kier alpha value is -2.87. The van der Waals surface area contributed by atoms with Crippen LogP contribution >= 0.6 is 0 Å². The molecule has 3 rings (SSSR count). The molecule has 0 radical (unpaired) electrons. The number of rotatable bonds is 7. The summed E-state index contributed by atoms with van der Waals surface area (Å²) in [5, 5.41) is 3.07. The summed E-state index contributed by atoms with van der Waals surface area (Å²) in [5.74, 6) is 0.160. The van der Waals surface area contributed by atoms with Crippen LogP contribution in [0.25, 0.3) is 11.5 Å². The summed E-state index contributed by atoms with van der Waals surface area (Å²) in [6, 6.07) is 6.67. The van der Waals surface area contributed by atoms with Crippen molar-refractivity contribution in [1.29, 1.82) is 0 Å². The molecule has 2 amide bonds. The molecular formula is C23H32N4O4. The van der Waals surface area contributed by atoms with Crippen molar-refractivity contribution in [3.8, 4) is 11.5 Å². The van der Waals surface area contributed by atoms with Gasteiger partial charge in [0.15, 0.2) is 0 Å². The highest BCUT2D eigenvalue weighted by atomic mass is 16.3. The third-order valence-corrected chi connectivity index (χ3v) is 5.56. The number of likely N-dealkylation sites (tertiary alicyclic amines) is 1. The summed E-state index contributed by atoms with van der Waals surface area (Å²) in [4.78, 5) is 44.3. The number of pyridine rings is 1. The largest absolute Gasteiger partial charge is 0.463 e. The monoisotopic (exact) mass is 428 g/mol. The standard InChI is InChI=1S/C23H32N4O4/c1-23(2,15-26(3)4)14-24-20(28)16-9-11-27(12-10-16)22(30)17-7-8-18(25-21(17)29)19-6-5-13-31-19/h5-8,13,16H,9-12,14-15H2,1-4H3,(H,24,28)(H,25,29). The second-order valence-corrected chi connectivity index (χ2v) is 9.28. The summed E-state index contributed by atoms with van der Waals surface area (Å²) >= 11 is 0. The molecule has 1 saturated heterocycles. The van der Waals surface area contributed by atoms with Crippen molar-refractivity contribution in [2.24, 2.45) is 11.3 Å². The van der Waals surface area contributed by atoms with E-state index in [0.717, 1.165) is 6.54 Å². The van der Waals surface area contributed by atoms with Crippen molar-refractivity contribution >= 4 is 11.8 Å². The lowest BCUT2D eigenvalue weighted by atomic mass is 9.91. The van der Waals surface area contributed by atoms with Gasteiger partial charge in [-0.15, -0.1) is 0 Å². The first kappa shape index (κ1) is 22.8. The molecule has 2 N–H and O–H groups in total. The zero-order chi connectivity index (χ0) is 22.6. The van der Waals surface area contributed by atoms with Gasteiger partial charge in [-0.1, -0.05) is 13.8 Å². The van der Waals surface area contributed by atoms with Crippen LogP contribution in [0.1, 0.15) is 37.0 Å². The molecule has 0 aliphatic carbocycles. The van der Waals surface area contributed by atoms with Gasteiger partial charge in [-0.05, 0) is 56.6 Å². The van der Waals surface area contributed by atoms with E-state index in [9.17, 15) is 14.4 Å². The number of aromatic nitrogens is 1. The Balaban J connectivity index is 1.54. The minimum atomic E-state index is -0.443. The lowest BCUT2D eigenvalue weighted by Gasteiger charge is -2.33. The molecule has 8 nitrogen and oxygen atoms in total. The quantitative estimate of drug-likeness (QED) is 0.704. The normalized spacial score (nSPS) is 15.3. The van der Waals surface area contributed by atoms with E-state index >= 15 is 0 Å². The molecule has 0 aromatic carbocycles. The van der Waals surface area contributed by atoms with E-state index in [1.165, 1.54) is 12.3 Å². The lowest BCUT2D eigenvalue weighted by molar-refractivity contribution is -0.126. The number of nitrogens with zero attached hydrogens (tertiary/aromatic N) is 2. The van der Waals surface area contributed by atoms with Gasteiger partial charge in [0.25, 0.3) is 11.5 Å². The molecular weight excluding hydrogens is 396 g/mol. The number of piperidine rings is 1. The molecule has 168 valence electrons. The minimum absolute atomic E-state index is 0.0152. The van der Waals surface area contributed by atoms with Crippen LogP contribution in [0, 0.1) is 11.3 Å². The molecule has 1 fully saturated rings. The van der Waals surface area contributed by atoms with Crippen LogP contribution in [0.4, 0.5) is 0 Å². The lowest BCUT2D eigenvalue weighted by Crippen LogP contribution is -2.46. The van der Waals surface area contributed by atoms with E-state index in [2.05, 4.69) is 29.0 Å². The fraction of sp³-hybridized carbons (Fsp3) is 0.522. The molecule has 0 bridgehead atoms. The zero-order valence-electron chi connectivity index (χ0n) is 18.7. The van der Waals surface area contributed by atoms with Crippen LogP contribution < -0.4 is 10.9 Å². The summed E-state index contributed by atoms with van der Waals surface area (Å²) in [6.07, 6.45) is 2.71. The highest BCUT2D eigenvalue weighted by Crippen LogP contribution is 2.21. The van der Waals surface area contributed by atoms with E-state index in [-0.39, 0.29) is 28.7 Å². The fourth-order valence-electron chi connectivity index (χ4n) is 4.12. The van der Waals surface area contributed by atoms with Crippen LogP contribution in [0.5, 0.6) is 0 Å². The highest BCUT2D eigenvalue weighted by Gasteiger charge is 2.30. The van der Waals surface area contributed by atoms with Gasteiger partial charge in [0, 0.05) is 32.1 Å². The first-order chi connectivity index (χ1) is 14.7. The first-order valence-electron chi connectivity index (χ1n) is 10.7. The van der Waals surface area contributed by atoms with E-state index in [4.69, 9.17) is 4.42 Å². The average Bonchev–Trinajstić information content (AvgIpc) is 3.26. The Bertz CT molecular complexity index is 954. The number of nitrogens with one attached hydrogen (secondary N) is 2. The van der Waals surface area contributed by atoms with Crippen LogP contribution in [-0.4, -0.2) is 66.9 Å². The second-order valence-electron chi connectivity index (χ2n) is 9.28. The van der Waals surface area contributed by atoms with Gasteiger partial charge in [0.2, 0.25) is 5.91 Å². The van der Waals surface area contributed by atoms with Crippen molar-refractivity contribution in [2.45, 2.75) is 26.7 Å². The Morgan fingerprint density at radius 3 is 2.52 bits per heavy atom. The first-order valence-corrected chi connectivity index (χ1v) is 10.7. The third-order valence-electron chi connectivity index (χ3n) is 5.56. The Morgan fingerprint density at radius 1 is 1.23 bits per heavy atom. The summed E-state index contributed by atoms with van der Waals surface area (Å²) in [5.41, 5.74) is 0.170. The van der Waals surface area contributed by atoms with Gasteiger partial charge in [-0.3, -0.25) is 14.4 Å². The molecule has 0 saturated carbocycles. The number of H-pyrrole nitrogens is 1. The van der Waals surface area contributed by atoms with Gasteiger partial charge in [-0.25, -0.2) is 0 Å². The molecule has 0 spiro atoms. The predicted octanol–water partition coefficient (Wildman–Crippen LogP) is 2.19. The Labute approximate surface area is 182 Å². The van der Waals surface area contributed by atoms with Crippen molar-refractivity contribution in [3.63, 3.8) is 0 Å². The molecule has 1 aliphatic heterocycles. The van der Waals surface area contributed by atoms with E-state index in [1.54, 1.807) is 23.1 Å². The van der Waals surface area contributed by atoms with Crippen LogP contribution in [0.3, 0.4) is 0 Å². The van der Waals surface area contributed by atoms with Crippen molar-refractivity contribution in [3.05, 3.63) is 46.4 Å². The number of hydrogen-bond acceptors (Lipinski definition) is 5. The van der Waals surface area contributed by atoms with Crippen LogP contribution in [0.15, 0.2) is 39.7 Å². The van der Waals surface area contributed by atoms with E-state index < -0.39 is 5.56 Å². The molecule has 0 atom stereocenters. The number of carbonyl (C=O) groups is 2. The van der Waals surface area contributed by atoms with Gasteiger partial charge < -0.3 is 24.5 Å². The van der Waals surface area contributed by atoms with E-state index in [0.29, 0.717) is 43.9 Å². The second kappa shape index (κ2) is 9.51. The molecule has 3 heterocycles. The van der Waals surface area contributed by atoms with Gasteiger partial charge in [0.05, 0.1) is 12.0 Å². The molecule has 1 aliphatic rings. The Morgan fingerprint density at radius 2 is 1.94 bits per heavy atom. The van der Waals surface area contributed by atoms with Crippen LogP contribution in [0.2, 0.25) is 0 Å². The third kappa shape index (κ3) is 5.85. The number of aromatic amines is 1. The van der Waals surface area contributed by atoms with Crippen molar-refractivity contribution < 1.29 is 14.0 Å². The SMILES string of the molecule is CN(C)CC(C)(C)CNC(=O)C1CCN(C(=O)c2ccc(-c3ccco3)[nH]c2=O)CC1. The maximum Gasteiger partial charge on any atom is 0.261 e. The maximum atomic E-state index is 12.8. The topological polar surface area (TPSA) is 98.7 Å². The summed E-state index contributed by atoms with van der Waals surface area (Å²) < 4.78 is 5.28. The number of amides is 2. The molecule has 2 aromatic heterocycles. The number of hydrogen-bond donors (Lipinski definition) is 2. The smallest absolute Gasteiger partial charge is 0.261 e. The summed E-state index contributed by atoms with van der Waals surface area (Å²) in [6.45, 7) is 6.66. The summed E-state index contributed by atoms with van der Waals surface area (Å²) in [7, 11) is 4.04. The van der Waals surface area contributed by atoms with E-state index in [1.807, 2.05) is 14.1 Å².